The molecule has 0 bridgehead atoms. The predicted molar refractivity (Wildman–Crippen MR) is 173 cm³/mol. The maximum atomic E-state index is 14.2. The number of hydrogen-bond donors (Lipinski definition) is 0. The van der Waals surface area contributed by atoms with Crippen LogP contribution in [0.4, 0.5) is 0 Å². The van der Waals surface area contributed by atoms with Crippen molar-refractivity contribution in [2.75, 3.05) is 6.61 Å². The summed E-state index contributed by atoms with van der Waals surface area (Å²) in [5, 5.41) is 1.75. The lowest BCUT2D eigenvalue weighted by molar-refractivity contribution is -0.139. The fourth-order valence-electron chi connectivity index (χ4n) is 5.62. The molecule has 5 aromatic rings. The van der Waals surface area contributed by atoms with Crippen LogP contribution in [0.5, 0.6) is 0 Å². The van der Waals surface area contributed by atoms with Crippen LogP contribution in [0.3, 0.4) is 0 Å². The Kier molecular flexibility index (Phi) is 7.95. The third-order valence-corrected chi connectivity index (χ3v) is 9.04. The molecule has 0 saturated heterocycles. The van der Waals surface area contributed by atoms with E-state index < -0.39 is 12.0 Å². The summed E-state index contributed by atoms with van der Waals surface area (Å²) in [5.41, 5.74) is 5.92. The van der Waals surface area contributed by atoms with Crippen molar-refractivity contribution in [3.8, 4) is 0 Å². The molecule has 6 rings (SSSR count). The highest BCUT2D eigenvalue weighted by atomic mass is 35.5. The predicted octanol–water partition coefficient (Wildman–Crippen LogP) is 6.58. The van der Waals surface area contributed by atoms with Crippen LogP contribution in [0.25, 0.3) is 17.0 Å². The minimum Gasteiger partial charge on any atom is -0.463 e. The Balaban J connectivity index is 1.50. The van der Waals surface area contributed by atoms with Gasteiger partial charge in [0.15, 0.2) is 4.80 Å². The summed E-state index contributed by atoms with van der Waals surface area (Å²) in [6.07, 6.45) is 4.02. The number of halogens is 1. The lowest BCUT2D eigenvalue weighted by Crippen LogP contribution is -2.39. The SMILES string of the molecule is CCOC(=O)C1=C(C)N=c2s/c(=C\c3cn(Cc4ccc(Cl)cc4)c4ccccc34)c(=O)n2C1c1ccc(C(C)C)cc1. The van der Waals surface area contributed by atoms with Crippen molar-refractivity contribution >= 4 is 45.9 Å². The molecule has 0 spiro atoms. The quantitative estimate of drug-likeness (QED) is 0.196. The van der Waals surface area contributed by atoms with E-state index in [4.69, 9.17) is 21.3 Å². The van der Waals surface area contributed by atoms with Crippen LogP contribution in [0.2, 0.25) is 5.02 Å². The number of nitrogens with zero attached hydrogens (tertiary/aromatic N) is 3. The Hall–Kier alpha value is -4.20. The minimum absolute atomic E-state index is 0.189. The van der Waals surface area contributed by atoms with Crippen molar-refractivity contribution in [2.24, 2.45) is 4.99 Å². The molecule has 1 aliphatic heterocycles. The van der Waals surface area contributed by atoms with E-state index in [9.17, 15) is 9.59 Å². The number of esters is 1. The fourth-order valence-corrected chi connectivity index (χ4v) is 6.78. The van der Waals surface area contributed by atoms with Gasteiger partial charge in [-0.15, -0.1) is 0 Å². The average Bonchev–Trinajstić information content (AvgIpc) is 3.49. The van der Waals surface area contributed by atoms with Crippen molar-refractivity contribution in [1.29, 1.82) is 0 Å². The van der Waals surface area contributed by atoms with Gasteiger partial charge in [-0.3, -0.25) is 9.36 Å². The Labute approximate surface area is 258 Å². The van der Waals surface area contributed by atoms with E-state index in [2.05, 4.69) is 48.9 Å². The van der Waals surface area contributed by atoms with Crippen LogP contribution in [0.1, 0.15) is 61.9 Å². The standard InChI is InChI=1S/C35H32ClN3O3S/c1-5-42-34(41)31-22(4)37-35-39(32(31)25-14-12-24(13-15-25)21(2)3)33(40)30(43-35)18-26-20-38(29-9-7-6-8-28(26)29)19-23-10-16-27(36)17-11-23/h6-18,20-21,32H,5,19H2,1-4H3/b30-18-. The number of ether oxygens (including phenoxy) is 1. The number of fused-ring (bicyclic) bond motifs is 2. The van der Waals surface area contributed by atoms with Crippen LogP contribution in [-0.2, 0) is 16.1 Å². The van der Waals surface area contributed by atoms with E-state index in [1.165, 1.54) is 16.9 Å². The second kappa shape index (κ2) is 11.8. The highest BCUT2D eigenvalue weighted by Gasteiger charge is 2.33. The topological polar surface area (TPSA) is 65.6 Å². The Morgan fingerprint density at radius 3 is 2.49 bits per heavy atom. The van der Waals surface area contributed by atoms with Crippen LogP contribution < -0.4 is 14.9 Å². The molecular formula is C35H32ClN3O3S. The molecule has 1 aliphatic rings. The molecule has 0 fully saturated rings. The number of carbonyl (C=O) groups is 1. The zero-order valence-electron chi connectivity index (χ0n) is 24.5. The summed E-state index contributed by atoms with van der Waals surface area (Å²) < 4.78 is 9.82. The Bertz CT molecular complexity index is 2050. The number of aromatic nitrogens is 2. The van der Waals surface area contributed by atoms with Crippen LogP contribution in [-0.4, -0.2) is 21.7 Å². The second-order valence-corrected chi connectivity index (χ2v) is 12.4. The van der Waals surface area contributed by atoms with Gasteiger partial charge in [-0.05, 0) is 60.7 Å². The number of allylic oxidation sites excluding steroid dienone is 1. The number of carbonyl (C=O) groups excluding carboxylic acids is 1. The zero-order chi connectivity index (χ0) is 30.2. The number of benzene rings is 3. The van der Waals surface area contributed by atoms with Gasteiger partial charge in [-0.2, -0.15) is 0 Å². The number of para-hydroxylation sites is 1. The van der Waals surface area contributed by atoms with Gasteiger partial charge in [0.25, 0.3) is 5.56 Å². The fraction of sp³-hybridized carbons (Fsp3) is 0.229. The van der Waals surface area contributed by atoms with Gasteiger partial charge in [0.05, 0.1) is 28.5 Å². The molecule has 8 heteroatoms. The molecule has 3 aromatic carbocycles. The molecule has 0 amide bonds. The van der Waals surface area contributed by atoms with Crippen molar-refractivity contribution < 1.29 is 9.53 Å². The number of thiazole rings is 1. The molecule has 1 unspecified atom stereocenters. The molecule has 0 N–H and O–H groups in total. The van der Waals surface area contributed by atoms with Gasteiger partial charge in [0, 0.05) is 34.2 Å². The molecule has 6 nitrogen and oxygen atoms in total. The van der Waals surface area contributed by atoms with Crippen molar-refractivity contribution in [1.82, 2.24) is 9.13 Å². The van der Waals surface area contributed by atoms with Crippen molar-refractivity contribution in [3.05, 3.63) is 137 Å². The van der Waals surface area contributed by atoms with Crippen LogP contribution >= 0.6 is 22.9 Å². The smallest absolute Gasteiger partial charge is 0.338 e. The van der Waals surface area contributed by atoms with Crippen molar-refractivity contribution in [2.45, 2.75) is 46.2 Å². The normalized spacial score (nSPS) is 15.2. The molecule has 2 aromatic heterocycles. The summed E-state index contributed by atoms with van der Waals surface area (Å²) in [7, 11) is 0. The average molecular weight is 610 g/mol. The lowest BCUT2D eigenvalue weighted by Gasteiger charge is -2.25. The zero-order valence-corrected chi connectivity index (χ0v) is 26.1. The first-order valence-electron chi connectivity index (χ1n) is 14.4. The first kappa shape index (κ1) is 28.9. The number of hydrogen-bond acceptors (Lipinski definition) is 5. The van der Waals surface area contributed by atoms with Gasteiger partial charge < -0.3 is 9.30 Å². The minimum atomic E-state index is -0.634. The molecule has 43 heavy (non-hydrogen) atoms. The second-order valence-electron chi connectivity index (χ2n) is 11.0. The summed E-state index contributed by atoms with van der Waals surface area (Å²) in [6, 6.07) is 23.5. The molecule has 0 saturated carbocycles. The summed E-state index contributed by atoms with van der Waals surface area (Å²) in [5.74, 6) is -0.0964. The van der Waals surface area contributed by atoms with Crippen molar-refractivity contribution in [3.63, 3.8) is 0 Å². The first-order valence-corrected chi connectivity index (χ1v) is 15.6. The Morgan fingerprint density at radius 2 is 1.79 bits per heavy atom. The summed E-state index contributed by atoms with van der Waals surface area (Å²) in [6.45, 7) is 8.76. The molecule has 0 radical (unpaired) electrons. The van der Waals surface area contributed by atoms with Gasteiger partial charge in [-0.25, -0.2) is 9.79 Å². The number of rotatable bonds is 7. The van der Waals surface area contributed by atoms with E-state index in [1.54, 1.807) is 11.5 Å². The molecule has 1 atom stereocenters. The Morgan fingerprint density at radius 1 is 1.07 bits per heavy atom. The van der Waals surface area contributed by atoms with Gasteiger partial charge in [0.2, 0.25) is 0 Å². The van der Waals surface area contributed by atoms with Gasteiger partial charge in [-0.1, -0.05) is 91.4 Å². The van der Waals surface area contributed by atoms with Gasteiger partial charge >= 0.3 is 5.97 Å². The molecule has 3 heterocycles. The van der Waals surface area contributed by atoms with E-state index in [-0.39, 0.29) is 12.2 Å². The maximum Gasteiger partial charge on any atom is 0.338 e. The third kappa shape index (κ3) is 5.51. The molecular weight excluding hydrogens is 578 g/mol. The van der Waals surface area contributed by atoms with E-state index >= 15 is 0 Å². The largest absolute Gasteiger partial charge is 0.463 e. The summed E-state index contributed by atoms with van der Waals surface area (Å²) >= 11 is 7.44. The third-order valence-electron chi connectivity index (χ3n) is 7.81. The van der Waals surface area contributed by atoms with Crippen LogP contribution in [0, 0.1) is 0 Å². The van der Waals surface area contributed by atoms with Gasteiger partial charge in [0.1, 0.15) is 0 Å². The highest BCUT2D eigenvalue weighted by Crippen LogP contribution is 2.32. The maximum absolute atomic E-state index is 14.2. The molecule has 218 valence electrons. The lowest BCUT2D eigenvalue weighted by atomic mass is 9.93. The summed E-state index contributed by atoms with van der Waals surface area (Å²) in [4.78, 5) is 32.7. The van der Waals surface area contributed by atoms with E-state index in [0.29, 0.717) is 38.1 Å². The molecule has 0 aliphatic carbocycles. The van der Waals surface area contributed by atoms with Crippen LogP contribution in [0.15, 0.2) is 100 Å². The van der Waals surface area contributed by atoms with E-state index in [0.717, 1.165) is 27.6 Å². The first-order chi connectivity index (χ1) is 20.7. The van der Waals surface area contributed by atoms with E-state index in [1.807, 2.05) is 61.5 Å². The highest BCUT2D eigenvalue weighted by molar-refractivity contribution is 7.07. The monoisotopic (exact) mass is 609 g/mol.